The van der Waals surface area contributed by atoms with Gasteiger partial charge in [0.25, 0.3) is 11.8 Å². The van der Waals surface area contributed by atoms with Crippen molar-refractivity contribution >= 4 is 35.6 Å². The molecule has 152 valence electrons. The van der Waals surface area contributed by atoms with Crippen LogP contribution in [0.25, 0.3) is 6.08 Å². The number of benzene rings is 2. The van der Waals surface area contributed by atoms with E-state index in [1.807, 2.05) is 0 Å². The van der Waals surface area contributed by atoms with Gasteiger partial charge in [-0.15, -0.1) is 0 Å². The Morgan fingerprint density at radius 2 is 1.83 bits per heavy atom. The van der Waals surface area contributed by atoms with Gasteiger partial charge in [-0.05, 0) is 35.9 Å². The molecule has 0 radical (unpaired) electrons. The van der Waals surface area contributed by atoms with Crippen molar-refractivity contribution < 1.29 is 38.5 Å². The Bertz CT molecular complexity index is 1090. The van der Waals surface area contributed by atoms with E-state index in [2.05, 4.69) is 5.32 Å². The van der Waals surface area contributed by atoms with Crippen LogP contribution in [0.15, 0.2) is 48.0 Å². The molecule has 0 atom stereocenters. The molecule has 10 heteroatoms. The lowest BCUT2D eigenvalue weighted by Gasteiger charge is -2.26. The predicted octanol–water partition coefficient (Wildman–Crippen LogP) is 0.210. The van der Waals surface area contributed by atoms with Crippen LogP contribution in [0.4, 0.5) is 10.5 Å². The first kappa shape index (κ1) is 19.0. The van der Waals surface area contributed by atoms with Gasteiger partial charge in [0.2, 0.25) is 6.79 Å². The Morgan fingerprint density at radius 1 is 1.10 bits per heavy atom. The normalized spacial score (nSPS) is 16.6. The van der Waals surface area contributed by atoms with E-state index >= 15 is 0 Å². The molecule has 2 aromatic carbocycles. The topological polar surface area (TPSA) is 134 Å². The van der Waals surface area contributed by atoms with E-state index in [1.54, 1.807) is 6.07 Å². The van der Waals surface area contributed by atoms with Gasteiger partial charge in [-0.1, -0.05) is 12.1 Å². The minimum absolute atomic E-state index is 0.0330. The van der Waals surface area contributed by atoms with Crippen molar-refractivity contribution in [1.29, 1.82) is 0 Å². The highest BCUT2D eigenvalue weighted by atomic mass is 16.7. The molecule has 4 rings (SSSR count). The number of imide groups is 2. The Balaban J connectivity index is 1.60. The first-order chi connectivity index (χ1) is 14.4. The number of carboxylic acid groups (broad SMARTS) is 1. The number of carbonyl (C=O) groups is 4. The van der Waals surface area contributed by atoms with Gasteiger partial charge in [0.05, 0.1) is 11.7 Å². The van der Waals surface area contributed by atoms with Crippen LogP contribution >= 0.6 is 0 Å². The fourth-order valence-electron chi connectivity index (χ4n) is 2.89. The maximum absolute atomic E-state index is 12.9. The Labute approximate surface area is 169 Å². The van der Waals surface area contributed by atoms with Crippen molar-refractivity contribution in [2.24, 2.45) is 0 Å². The maximum atomic E-state index is 12.9. The molecule has 2 heterocycles. The van der Waals surface area contributed by atoms with Gasteiger partial charge in [-0.25, -0.2) is 9.69 Å². The third-order valence-electron chi connectivity index (χ3n) is 4.26. The van der Waals surface area contributed by atoms with E-state index in [0.29, 0.717) is 17.1 Å². The van der Waals surface area contributed by atoms with E-state index in [0.717, 1.165) is 4.90 Å². The fraction of sp³-hybridized carbons (Fsp3) is 0.100. The molecule has 2 aliphatic rings. The molecule has 10 nitrogen and oxygen atoms in total. The first-order valence-electron chi connectivity index (χ1n) is 8.66. The smallest absolute Gasteiger partial charge is 0.335 e. The van der Waals surface area contributed by atoms with Crippen LogP contribution in [-0.2, 0) is 14.4 Å². The summed E-state index contributed by atoms with van der Waals surface area (Å²) in [5, 5.41) is 12.6. The molecule has 0 aromatic heterocycles. The number of ether oxygens (including phenoxy) is 3. The van der Waals surface area contributed by atoms with E-state index in [-0.39, 0.29) is 23.8 Å². The number of nitrogens with zero attached hydrogens (tertiary/aromatic N) is 1. The van der Waals surface area contributed by atoms with Crippen LogP contribution in [0.3, 0.4) is 0 Å². The predicted molar refractivity (Wildman–Crippen MR) is 98.5 cm³/mol. The third kappa shape index (κ3) is 3.65. The van der Waals surface area contributed by atoms with Gasteiger partial charge in [0.1, 0.15) is 17.9 Å². The maximum Gasteiger partial charge on any atom is 0.335 e. The van der Waals surface area contributed by atoms with Gasteiger partial charge in [0.15, 0.2) is 11.5 Å². The number of carbonyl (C=O) groups excluding carboxylic acids is 4. The summed E-state index contributed by atoms with van der Waals surface area (Å²) in [7, 11) is 0. The Hall–Kier alpha value is -4.34. The average Bonchev–Trinajstić information content (AvgIpc) is 3.18. The van der Waals surface area contributed by atoms with Crippen molar-refractivity contribution in [2.45, 2.75) is 0 Å². The molecule has 2 aromatic rings. The molecule has 4 amide bonds. The number of fused-ring (bicyclic) bond motifs is 1. The zero-order chi connectivity index (χ0) is 21.3. The number of rotatable bonds is 5. The van der Waals surface area contributed by atoms with Crippen molar-refractivity contribution in [3.8, 4) is 17.2 Å². The summed E-state index contributed by atoms with van der Waals surface area (Å²) in [6.45, 7) is -0.570. The van der Waals surface area contributed by atoms with E-state index in [1.165, 1.54) is 42.5 Å². The Kier molecular flexibility index (Phi) is 4.80. The largest absolute Gasteiger partial charge is 0.546 e. The standard InChI is InChI=1S/C20H14N2O8/c23-17(24)9-28-13-4-1-11(2-5-13)7-14-18(25)21-20(27)22(19(14)26)12-3-6-15-16(8-12)30-10-29-15/h1-8H,9-10H2,(H,23,24)(H,21,25,27)/p-1/b14-7+. The molecule has 30 heavy (non-hydrogen) atoms. The number of hydrogen-bond acceptors (Lipinski definition) is 8. The van der Waals surface area contributed by atoms with Gasteiger partial charge in [-0.3, -0.25) is 14.9 Å². The van der Waals surface area contributed by atoms with Gasteiger partial charge in [0, 0.05) is 6.07 Å². The molecule has 0 bridgehead atoms. The summed E-state index contributed by atoms with van der Waals surface area (Å²) in [5.74, 6) is -1.87. The van der Waals surface area contributed by atoms with Crippen molar-refractivity contribution in [2.75, 3.05) is 18.3 Å². The van der Waals surface area contributed by atoms with Crippen LogP contribution in [0.5, 0.6) is 17.2 Å². The molecule has 1 N–H and O–H groups in total. The summed E-state index contributed by atoms with van der Waals surface area (Å²) in [6, 6.07) is 9.65. The van der Waals surface area contributed by atoms with Crippen LogP contribution in [-0.4, -0.2) is 37.2 Å². The number of carboxylic acids is 1. The molecule has 0 saturated carbocycles. The number of hydrogen-bond donors (Lipinski definition) is 1. The van der Waals surface area contributed by atoms with Crippen LogP contribution in [0.1, 0.15) is 5.56 Å². The van der Waals surface area contributed by atoms with E-state index < -0.39 is 30.4 Å². The summed E-state index contributed by atoms with van der Waals surface area (Å²) in [5.41, 5.74) is 0.427. The minimum Gasteiger partial charge on any atom is -0.546 e. The average molecular weight is 409 g/mol. The lowest BCUT2D eigenvalue weighted by atomic mass is 10.1. The highest BCUT2D eigenvalue weighted by Gasteiger charge is 2.37. The number of nitrogens with one attached hydrogen (secondary N) is 1. The second kappa shape index (κ2) is 7.59. The van der Waals surface area contributed by atoms with E-state index in [4.69, 9.17) is 14.2 Å². The summed E-state index contributed by atoms with van der Waals surface area (Å²) in [6.07, 6.45) is 1.31. The number of barbiturate groups is 1. The van der Waals surface area contributed by atoms with Crippen molar-refractivity contribution in [3.05, 3.63) is 53.6 Å². The number of anilines is 1. The molecule has 0 spiro atoms. The van der Waals surface area contributed by atoms with E-state index in [9.17, 15) is 24.3 Å². The molecule has 2 aliphatic heterocycles. The zero-order valence-electron chi connectivity index (χ0n) is 15.2. The van der Waals surface area contributed by atoms with Gasteiger partial charge < -0.3 is 24.1 Å². The highest BCUT2D eigenvalue weighted by Crippen LogP contribution is 2.36. The number of urea groups is 1. The van der Waals surface area contributed by atoms with Crippen molar-refractivity contribution in [1.82, 2.24) is 5.32 Å². The molecule has 0 aliphatic carbocycles. The van der Waals surface area contributed by atoms with Gasteiger partial charge >= 0.3 is 6.03 Å². The van der Waals surface area contributed by atoms with Crippen LogP contribution < -0.4 is 29.5 Å². The second-order valence-electron chi connectivity index (χ2n) is 6.23. The fourth-order valence-corrected chi connectivity index (χ4v) is 2.89. The summed E-state index contributed by atoms with van der Waals surface area (Å²) >= 11 is 0. The van der Waals surface area contributed by atoms with Crippen LogP contribution in [0.2, 0.25) is 0 Å². The molecular weight excluding hydrogens is 396 g/mol. The molecule has 1 fully saturated rings. The molecular formula is C20H13N2O8-. The summed E-state index contributed by atoms with van der Waals surface area (Å²) < 4.78 is 15.5. The minimum atomic E-state index is -1.36. The Morgan fingerprint density at radius 3 is 2.57 bits per heavy atom. The molecule has 0 unspecified atom stereocenters. The molecule has 1 saturated heterocycles. The quantitative estimate of drug-likeness (QED) is 0.547. The summed E-state index contributed by atoms with van der Waals surface area (Å²) in [4.78, 5) is 48.7. The van der Waals surface area contributed by atoms with Gasteiger partial charge in [-0.2, -0.15) is 0 Å². The second-order valence-corrected chi connectivity index (χ2v) is 6.23. The van der Waals surface area contributed by atoms with Crippen molar-refractivity contribution in [3.63, 3.8) is 0 Å². The van der Waals surface area contributed by atoms with Crippen LogP contribution in [0, 0.1) is 0 Å². The highest BCUT2D eigenvalue weighted by molar-refractivity contribution is 6.39. The lowest BCUT2D eigenvalue weighted by Crippen LogP contribution is -2.54. The number of aliphatic carboxylic acids is 1. The SMILES string of the molecule is O=C([O-])COc1ccc(/C=C2\C(=O)NC(=O)N(c3ccc4c(c3)OCO4)C2=O)cc1. The monoisotopic (exact) mass is 409 g/mol. The number of amides is 4. The zero-order valence-corrected chi connectivity index (χ0v) is 15.2. The lowest BCUT2D eigenvalue weighted by molar-refractivity contribution is -0.307. The first-order valence-corrected chi connectivity index (χ1v) is 8.66. The third-order valence-corrected chi connectivity index (χ3v) is 4.26.